The van der Waals surface area contributed by atoms with Gasteiger partial charge < -0.3 is 4.57 Å². The van der Waals surface area contributed by atoms with Crippen molar-refractivity contribution in [2.24, 2.45) is 0 Å². The van der Waals surface area contributed by atoms with E-state index in [-0.39, 0.29) is 5.91 Å². The Balaban J connectivity index is 4.71. The smallest absolute Gasteiger partial charge is 0.241 e. The SMILES string of the molecule is C=CCN(C(=O)C(=C)C)[Si](C)(C)C. The Bertz CT molecular complexity index is 228. The summed E-state index contributed by atoms with van der Waals surface area (Å²) in [5, 5.41) is 0. The van der Waals surface area contributed by atoms with Crippen molar-refractivity contribution >= 4 is 14.1 Å². The molecule has 0 aromatic carbocycles. The van der Waals surface area contributed by atoms with Crippen molar-refractivity contribution in [1.29, 1.82) is 0 Å². The molecule has 1 amide bonds. The molecule has 2 nitrogen and oxygen atoms in total. The molecular weight excluding hydrogens is 178 g/mol. The van der Waals surface area contributed by atoms with Gasteiger partial charge >= 0.3 is 0 Å². The summed E-state index contributed by atoms with van der Waals surface area (Å²) in [7, 11) is -1.58. The first-order chi connectivity index (χ1) is 5.80. The van der Waals surface area contributed by atoms with Crippen LogP contribution in [-0.2, 0) is 4.79 Å². The maximum absolute atomic E-state index is 11.7. The van der Waals surface area contributed by atoms with Gasteiger partial charge in [-0.2, -0.15) is 0 Å². The lowest BCUT2D eigenvalue weighted by atomic mass is 10.3. The molecule has 74 valence electrons. The summed E-state index contributed by atoms with van der Waals surface area (Å²) >= 11 is 0. The predicted molar refractivity (Wildman–Crippen MR) is 60.1 cm³/mol. The van der Waals surface area contributed by atoms with Crippen molar-refractivity contribution in [3.8, 4) is 0 Å². The number of rotatable bonds is 4. The normalized spacial score (nSPS) is 10.8. The highest BCUT2D eigenvalue weighted by atomic mass is 28.3. The van der Waals surface area contributed by atoms with E-state index < -0.39 is 8.24 Å². The van der Waals surface area contributed by atoms with Gasteiger partial charge in [-0.1, -0.05) is 32.3 Å². The lowest BCUT2D eigenvalue weighted by Crippen LogP contribution is -2.49. The summed E-state index contributed by atoms with van der Waals surface area (Å²) in [6, 6.07) is 0. The van der Waals surface area contributed by atoms with Crippen molar-refractivity contribution in [2.45, 2.75) is 26.6 Å². The predicted octanol–water partition coefficient (Wildman–Crippen LogP) is 2.41. The van der Waals surface area contributed by atoms with Crippen molar-refractivity contribution in [3.05, 3.63) is 24.8 Å². The molecule has 0 atom stereocenters. The van der Waals surface area contributed by atoms with Gasteiger partial charge in [0.1, 0.15) is 0 Å². The summed E-state index contributed by atoms with van der Waals surface area (Å²) in [6.45, 7) is 16.1. The number of carbonyl (C=O) groups is 1. The fourth-order valence-corrected chi connectivity index (χ4v) is 2.50. The van der Waals surface area contributed by atoms with Crippen molar-refractivity contribution in [1.82, 2.24) is 4.57 Å². The Kier molecular flexibility index (Phi) is 4.13. The third-order valence-corrected chi connectivity index (χ3v) is 3.74. The van der Waals surface area contributed by atoms with Crippen LogP contribution >= 0.6 is 0 Å². The molecule has 0 aliphatic rings. The van der Waals surface area contributed by atoms with Gasteiger partial charge in [0.15, 0.2) is 8.24 Å². The van der Waals surface area contributed by atoms with E-state index in [9.17, 15) is 4.79 Å². The van der Waals surface area contributed by atoms with Crippen LogP contribution in [0.3, 0.4) is 0 Å². The van der Waals surface area contributed by atoms with Crippen LogP contribution in [0.5, 0.6) is 0 Å². The Morgan fingerprint density at radius 1 is 1.46 bits per heavy atom. The fourth-order valence-electron chi connectivity index (χ4n) is 1.02. The first kappa shape index (κ1) is 12.2. The van der Waals surface area contributed by atoms with Crippen molar-refractivity contribution in [3.63, 3.8) is 0 Å². The Hall–Kier alpha value is -0.833. The first-order valence-electron chi connectivity index (χ1n) is 4.39. The van der Waals surface area contributed by atoms with E-state index in [2.05, 4.69) is 32.8 Å². The summed E-state index contributed by atoms with van der Waals surface area (Å²) in [5.41, 5.74) is 0.601. The summed E-state index contributed by atoms with van der Waals surface area (Å²) in [5.74, 6) is 0.0547. The van der Waals surface area contributed by atoms with Crippen LogP contribution in [-0.4, -0.2) is 25.3 Å². The molecule has 0 spiro atoms. The maximum atomic E-state index is 11.7. The van der Waals surface area contributed by atoms with E-state index in [1.54, 1.807) is 13.0 Å². The second-order valence-electron chi connectivity index (χ2n) is 4.16. The molecule has 13 heavy (non-hydrogen) atoms. The minimum atomic E-state index is -1.58. The second-order valence-corrected chi connectivity index (χ2v) is 9.04. The summed E-state index contributed by atoms with van der Waals surface area (Å²) in [4.78, 5) is 11.7. The van der Waals surface area contributed by atoms with Gasteiger partial charge in [0, 0.05) is 12.1 Å². The van der Waals surface area contributed by atoms with E-state index in [0.717, 1.165) is 0 Å². The zero-order valence-electron chi connectivity index (χ0n) is 9.05. The van der Waals surface area contributed by atoms with Crippen LogP contribution in [0.1, 0.15) is 6.92 Å². The van der Waals surface area contributed by atoms with Gasteiger partial charge in [-0.15, -0.1) is 6.58 Å². The van der Waals surface area contributed by atoms with Gasteiger partial charge in [0.25, 0.3) is 0 Å². The van der Waals surface area contributed by atoms with Gasteiger partial charge in [-0.05, 0) is 6.92 Å². The molecule has 0 fully saturated rings. The van der Waals surface area contributed by atoms with Crippen LogP contribution in [0.25, 0.3) is 0 Å². The standard InChI is InChI=1S/C10H19NOSi/c1-7-8-11(13(4,5)6)10(12)9(2)3/h7H,1-2,8H2,3-6H3. The molecule has 0 rings (SSSR count). The monoisotopic (exact) mass is 197 g/mol. The van der Waals surface area contributed by atoms with Gasteiger partial charge in [0.05, 0.1) is 0 Å². The van der Waals surface area contributed by atoms with Gasteiger partial charge in [-0.25, -0.2) is 0 Å². The molecular formula is C10H19NOSi. The van der Waals surface area contributed by atoms with Crippen molar-refractivity contribution < 1.29 is 4.79 Å². The summed E-state index contributed by atoms with van der Waals surface area (Å²) < 4.78 is 1.89. The number of amides is 1. The number of hydrogen-bond donors (Lipinski definition) is 0. The highest BCUT2D eigenvalue weighted by molar-refractivity contribution is 6.75. The van der Waals surface area contributed by atoms with Crippen molar-refractivity contribution in [2.75, 3.05) is 6.54 Å². The van der Waals surface area contributed by atoms with E-state index in [0.29, 0.717) is 12.1 Å². The highest BCUT2D eigenvalue weighted by Gasteiger charge is 2.27. The zero-order valence-corrected chi connectivity index (χ0v) is 10.1. The number of nitrogens with zero attached hydrogens (tertiary/aromatic N) is 1. The fraction of sp³-hybridized carbons (Fsp3) is 0.500. The minimum absolute atomic E-state index is 0.0547. The van der Waals surface area contributed by atoms with E-state index >= 15 is 0 Å². The zero-order chi connectivity index (χ0) is 10.6. The number of hydrogen-bond acceptors (Lipinski definition) is 1. The molecule has 0 aliphatic heterocycles. The van der Waals surface area contributed by atoms with E-state index in [4.69, 9.17) is 0 Å². The molecule has 0 saturated carbocycles. The Morgan fingerprint density at radius 2 is 1.92 bits per heavy atom. The Labute approximate surface area is 82.0 Å². The Morgan fingerprint density at radius 3 is 2.15 bits per heavy atom. The average Bonchev–Trinajstić information content (AvgIpc) is 1.96. The summed E-state index contributed by atoms with van der Waals surface area (Å²) in [6.07, 6.45) is 1.76. The molecule has 0 saturated heterocycles. The quantitative estimate of drug-likeness (QED) is 0.385. The third kappa shape index (κ3) is 3.59. The molecule has 0 unspecified atom stereocenters. The van der Waals surface area contributed by atoms with Gasteiger partial charge in [0.2, 0.25) is 5.91 Å². The van der Waals surface area contributed by atoms with Crippen LogP contribution in [0.15, 0.2) is 24.8 Å². The number of carbonyl (C=O) groups excluding carboxylic acids is 1. The van der Waals surface area contributed by atoms with Crippen LogP contribution in [0, 0.1) is 0 Å². The molecule has 0 bridgehead atoms. The molecule has 0 heterocycles. The van der Waals surface area contributed by atoms with E-state index in [1.807, 2.05) is 4.57 Å². The molecule has 0 aliphatic carbocycles. The van der Waals surface area contributed by atoms with Crippen LogP contribution in [0.2, 0.25) is 19.6 Å². The molecule has 0 aromatic rings. The molecule has 0 radical (unpaired) electrons. The lowest BCUT2D eigenvalue weighted by Gasteiger charge is -2.33. The lowest BCUT2D eigenvalue weighted by molar-refractivity contribution is -0.122. The average molecular weight is 197 g/mol. The molecule has 3 heteroatoms. The topological polar surface area (TPSA) is 20.3 Å². The second kappa shape index (κ2) is 4.42. The minimum Gasteiger partial charge on any atom is -0.363 e. The largest absolute Gasteiger partial charge is 0.363 e. The molecule has 0 aromatic heterocycles. The highest BCUT2D eigenvalue weighted by Crippen LogP contribution is 2.12. The maximum Gasteiger partial charge on any atom is 0.241 e. The van der Waals surface area contributed by atoms with E-state index in [1.165, 1.54) is 0 Å². The molecule has 0 N–H and O–H groups in total. The third-order valence-electron chi connectivity index (χ3n) is 1.73. The van der Waals surface area contributed by atoms with Crippen LogP contribution in [0.4, 0.5) is 0 Å². The first-order valence-corrected chi connectivity index (χ1v) is 7.83. The van der Waals surface area contributed by atoms with Crippen LogP contribution < -0.4 is 0 Å². The van der Waals surface area contributed by atoms with Gasteiger partial charge in [-0.3, -0.25) is 4.79 Å².